The minimum Gasteiger partial charge on any atom is -0.307 e. The van der Waals surface area contributed by atoms with Crippen molar-refractivity contribution in [1.29, 1.82) is 0 Å². The third-order valence-electron chi connectivity index (χ3n) is 2.87. The van der Waals surface area contributed by atoms with E-state index < -0.39 is 0 Å². The van der Waals surface area contributed by atoms with E-state index in [1.54, 1.807) is 11.3 Å². The standard InChI is InChI=1S/C14H20N2S2/c1-9-6-7-10(18-9)12(15-5)13-16-11(8-17-13)14(2,3)4/h6-8,12,15H,1-5H3. The van der Waals surface area contributed by atoms with Gasteiger partial charge in [-0.05, 0) is 26.1 Å². The Morgan fingerprint density at radius 1 is 1.28 bits per heavy atom. The van der Waals surface area contributed by atoms with E-state index in [9.17, 15) is 0 Å². The van der Waals surface area contributed by atoms with E-state index in [1.807, 2.05) is 18.4 Å². The number of thiazole rings is 1. The molecule has 0 aromatic carbocycles. The Hall–Kier alpha value is -0.710. The van der Waals surface area contributed by atoms with Crippen molar-refractivity contribution in [2.24, 2.45) is 0 Å². The molecular formula is C14H20N2S2. The van der Waals surface area contributed by atoms with Gasteiger partial charge in [-0.15, -0.1) is 22.7 Å². The van der Waals surface area contributed by atoms with Crippen molar-refractivity contribution < 1.29 is 0 Å². The SMILES string of the molecule is CNC(c1ccc(C)s1)c1nc(C(C)(C)C)cs1. The Balaban J connectivity index is 2.31. The Morgan fingerprint density at radius 3 is 2.44 bits per heavy atom. The molecule has 2 aromatic rings. The Morgan fingerprint density at radius 2 is 2.00 bits per heavy atom. The number of rotatable bonds is 3. The smallest absolute Gasteiger partial charge is 0.115 e. The summed E-state index contributed by atoms with van der Waals surface area (Å²) in [6, 6.07) is 4.59. The van der Waals surface area contributed by atoms with Gasteiger partial charge in [-0.2, -0.15) is 0 Å². The number of aromatic nitrogens is 1. The molecule has 1 unspecified atom stereocenters. The zero-order valence-corrected chi connectivity index (χ0v) is 13.2. The lowest BCUT2D eigenvalue weighted by Crippen LogP contribution is -2.17. The highest BCUT2D eigenvalue weighted by atomic mass is 32.1. The second kappa shape index (κ2) is 5.11. The van der Waals surface area contributed by atoms with Gasteiger partial charge in [0.25, 0.3) is 0 Å². The average Bonchev–Trinajstić information content (AvgIpc) is 2.88. The summed E-state index contributed by atoms with van der Waals surface area (Å²) < 4.78 is 0. The molecule has 1 atom stereocenters. The van der Waals surface area contributed by atoms with E-state index in [0.29, 0.717) is 0 Å². The maximum Gasteiger partial charge on any atom is 0.115 e. The van der Waals surface area contributed by atoms with Gasteiger partial charge in [-0.3, -0.25) is 0 Å². The largest absolute Gasteiger partial charge is 0.307 e. The van der Waals surface area contributed by atoms with Crippen LogP contribution < -0.4 is 5.32 Å². The molecule has 4 heteroatoms. The molecule has 0 amide bonds. The Bertz CT molecular complexity index is 520. The second-order valence-electron chi connectivity index (χ2n) is 5.49. The summed E-state index contributed by atoms with van der Waals surface area (Å²) in [6.07, 6.45) is 0. The lowest BCUT2D eigenvalue weighted by atomic mass is 9.93. The summed E-state index contributed by atoms with van der Waals surface area (Å²) in [5.74, 6) is 0. The molecule has 2 aromatic heterocycles. The van der Waals surface area contributed by atoms with Crippen LogP contribution in [0.15, 0.2) is 17.5 Å². The maximum absolute atomic E-state index is 4.80. The average molecular weight is 280 g/mol. The van der Waals surface area contributed by atoms with Crippen molar-refractivity contribution in [2.45, 2.75) is 39.2 Å². The van der Waals surface area contributed by atoms with Gasteiger partial charge >= 0.3 is 0 Å². The lowest BCUT2D eigenvalue weighted by molar-refractivity contribution is 0.566. The first-order valence-corrected chi connectivity index (χ1v) is 7.81. The predicted molar refractivity (Wildman–Crippen MR) is 80.8 cm³/mol. The van der Waals surface area contributed by atoms with Gasteiger partial charge in [0.05, 0.1) is 11.7 Å². The first-order valence-electron chi connectivity index (χ1n) is 6.11. The fourth-order valence-electron chi connectivity index (χ4n) is 1.76. The molecule has 2 rings (SSSR count). The molecule has 2 heterocycles. The first-order chi connectivity index (χ1) is 8.41. The number of hydrogen-bond acceptors (Lipinski definition) is 4. The van der Waals surface area contributed by atoms with E-state index in [2.05, 4.69) is 50.5 Å². The molecular weight excluding hydrogens is 260 g/mol. The first kappa shape index (κ1) is 13.7. The topological polar surface area (TPSA) is 24.9 Å². The maximum atomic E-state index is 4.80. The van der Waals surface area contributed by atoms with E-state index in [-0.39, 0.29) is 11.5 Å². The van der Waals surface area contributed by atoms with Crippen molar-refractivity contribution in [2.75, 3.05) is 7.05 Å². The van der Waals surface area contributed by atoms with Gasteiger partial charge in [0.15, 0.2) is 0 Å². The lowest BCUT2D eigenvalue weighted by Gasteiger charge is -2.15. The third-order valence-corrected chi connectivity index (χ3v) is 4.85. The minimum absolute atomic E-state index is 0.123. The van der Waals surface area contributed by atoms with Gasteiger partial charge in [-0.1, -0.05) is 20.8 Å². The highest BCUT2D eigenvalue weighted by Gasteiger charge is 2.22. The van der Waals surface area contributed by atoms with Crippen molar-refractivity contribution in [3.8, 4) is 0 Å². The predicted octanol–water partition coefficient (Wildman–Crippen LogP) is 4.12. The van der Waals surface area contributed by atoms with Crippen molar-refractivity contribution in [1.82, 2.24) is 10.3 Å². The van der Waals surface area contributed by atoms with Crippen LogP contribution in [0.1, 0.15) is 47.3 Å². The molecule has 18 heavy (non-hydrogen) atoms. The molecule has 98 valence electrons. The van der Waals surface area contributed by atoms with Crippen LogP contribution in [0.3, 0.4) is 0 Å². The van der Waals surface area contributed by atoms with Crippen LogP contribution >= 0.6 is 22.7 Å². The number of nitrogens with one attached hydrogen (secondary N) is 1. The molecule has 0 saturated carbocycles. The van der Waals surface area contributed by atoms with Crippen molar-refractivity contribution in [3.63, 3.8) is 0 Å². The van der Waals surface area contributed by atoms with Crippen LogP contribution in [0.2, 0.25) is 0 Å². The van der Waals surface area contributed by atoms with Gasteiger partial charge in [-0.25, -0.2) is 4.98 Å². The zero-order valence-electron chi connectivity index (χ0n) is 11.6. The summed E-state index contributed by atoms with van der Waals surface area (Å²) in [4.78, 5) is 7.48. The van der Waals surface area contributed by atoms with E-state index >= 15 is 0 Å². The molecule has 1 N–H and O–H groups in total. The monoisotopic (exact) mass is 280 g/mol. The van der Waals surface area contributed by atoms with Crippen LogP contribution in [0.25, 0.3) is 0 Å². The minimum atomic E-state index is 0.123. The number of hydrogen-bond donors (Lipinski definition) is 1. The zero-order chi connectivity index (χ0) is 13.3. The fraction of sp³-hybridized carbons (Fsp3) is 0.500. The van der Waals surface area contributed by atoms with E-state index in [1.165, 1.54) is 15.4 Å². The molecule has 0 aliphatic carbocycles. The normalized spacial score (nSPS) is 13.8. The van der Waals surface area contributed by atoms with Crippen LogP contribution in [-0.2, 0) is 5.41 Å². The molecule has 0 aliphatic rings. The number of aryl methyl sites for hydroxylation is 1. The highest BCUT2D eigenvalue weighted by Crippen LogP contribution is 2.32. The highest BCUT2D eigenvalue weighted by molar-refractivity contribution is 7.12. The van der Waals surface area contributed by atoms with Gasteiger partial charge in [0, 0.05) is 20.5 Å². The Labute approximate surface area is 117 Å². The quantitative estimate of drug-likeness (QED) is 0.915. The molecule has 0 spiro atoms. The molecule has 0 bridgehead atoms. The van der Waals surface area contributed by atoms with Crippen LogP contribution in [-0.4, -0.2) is 12.0 Å². The summed E-state index contributed by atoms with van der Waals surface area (Å²) in [5, 5.41) is 6.71. The summed E-state index contributed by atoms with van der Waals surface area (Å²) in [7, 11) is 2.00. The van der Waals surface area contributed by atoms with Crippen LogP contribution in [0.4, 0.5) is 0 Å². The summed E-state index contributed by atoms with van der Waals surface area (Å²) in [6.45, 7) is 8.75. The number of nitrogens with zero attached hydrogens (tertiary/aromatic N) is 1. The molecule has 0 fully saturated rings. The molecule has 0 saturated heterocycles. The van der Waals surface area contributed by atoms with Crippen LogP contribution in [0.5, 0.6) is 0 Å². The van der Waals surface area contributed by atoms with Gasteiger partial charge in [0.1, 0.15) is 5.01 Å². The Kier molecular flexibility index (Phi) is 3.90. The second-order valence-corrected chi connectivity index (χ2v) is 7.70. The summed E-state index contributed by atoms with van der Waals surface area (Å²) in [5.41, 5.74) is 1.30. The van der Waals surface area contributed by atoms with Crippen LogP contribution in [0, 0.1) is 6.92 Å². The van der Waals surface area contributed by atoms with E-state index in [4.69, 9.17) is 4.98 Å². The van der Waals surface area contributed by atoms with Crippen molar-refractivity contribution >= 4 is 22.7 Å². The molecule has 0 radical (unpaired) electrons. The molecule has 2 nitrogen and oxygen atoms in total. The summed E-state index contributed by atoms with van der Waals surface area (Å²) >= 11 is 3.58. The molecule has 0 aliphatic heterocycles. The van der Waals surface area contributed by atoms with Gasteiger partial charge < -0.3 is 5.32 Å². The van der Waals surface area contributed by atoms with Crippen molar-refractivity contribution in [3.05, 3.63) is 38.0 Å². The number of thiophene rings is 1. The fourth-order valence-corrected chi connectivity index (χ4v) is 4.00. The van der Waals surface area contributed by atoms with Gasteiger partial charge in [0.2, 0.25) is 0 Å². The van der Waals surface area contributed by atoms with E-state index in [0.717, 1.165) is 5.01 Å². The third kappa shape index (κ3) is 2.82.